The van der Waals surface area contributed by atoms with Crippen molar-refractivity contribution in [2.75, 3.05) is 11.6 Å². The van der Waals surface area contributed by atoms with Gasteiger partial charge >= 0.3 is 0 Å². The van der Waals surface area contributed by atoms with Crippen LogP contribution in [0, 0.1) is 5.92 Å². The topological polar surface area (TPSA) is 75.5 Å². The summed E-state index contributed by atoms with van der Waals surface area (Å²) in [4.78, 5) is 0. The number of rotatable bonds is 4. The van der Waals surface area contributed by atoms with Gasteiger partial charge in [0.1, 0.15) is 0 Å². The molecule has 18 heavy (non-hydrogen) atoms. The number of hydrogen-bond donors (Lipinski definition) is 3. The third-order valence-corrected chi connectivity index (χ3v) is 3.18. The molecule has 5 N–H and O–H groups in total. The summed E-state index contributed by atoms with van der Waals surface area (Å²) in [5.74, 6) is 6.01. The lowest BCUT2D eigenvalue weighted by Gasteiger charge is -2.25. The zero-order valence-corrected chi connectivity index (χ0v) is 11.8. The lowest BCUT2D eigenvalue weighted by atomic mass is 10.1. The summed E-state index contributed by atoms with van der Waals surface area (Å²) in [6.07, 6.45) is 0. The smallest absolute Gasteiger partial charge is 0.0945 e. The van der Waals surface area contributed by atoms with Crippen LogP contribution in [0.5, 0.6) is 0 Å². The van der Waals surface area contributed by atoms with Crippen LogP contribution in [0.15, 0.2) is 29.6 Å². The molecule has 0 saturated heterocycles. The Morgan fingerprint density at radius 2 is 1.83 bits per heavy atom. The van der Waals surface area contributed by atoms with Crippen molar-refractivity contribution in [3.8, 4) is 0 Å². The molecule has 100 valence electrons. The molecule has 0 fully saturated rings. The molecule has 1 aromatic carbocycles. The maximum Gasteiger partial charge on any atom is 0.0945 e. The van der Waals surface area contributed by atoms with Gasteiger partial charge in [0.15, 0.2) is 0 Å². The number of allylic oxidation sites excluding steroid dienone is 1. The summed E-state index contributed by atoms with van der Waals surface area (Å²) in [7, 11) is 0. The van der Waals surface area contributed by atoms with E-state index in [0.717, 1.165) is 0 Å². The second-order valence-corrected chi connectivity index (χ2v) is 4.97. The van der Waals surface area contributed by atoms with Gasteiger partial charge in [0.05, 0.1) is 28.0 Å². The Morgan fingerprint density at radius 3 is 2.22 bits per heavy atom. The summed E-state index contributed by atoms with van der Waals surface area (Å²) < 4.78 is 0. The van der Waals surface area contributed by atoms with Crippen LogP contribution < -0.4 is 16.6 Å². The van der Waals surface area contributed by atoms with Crippen LogP contribution in [0.25, 0.3) is 0 Å². The molecule has 0 bridgehead atoms. The molecule has 0 unspecified atom stereocenters. The first-order valence-electron chi connectivity index (χ1n) is 5.48. The first kappa shape index (κ1) is 15.1. The SMILES string of the molecule is CC(C)/C(N)=C(\CO)N(N)c1c(Cl)cccc1Cl. The van der Waals surface area contributed by atoms with Gasteiger partial charge in [-0.2, -0.15) is 0 Å². The number of aliphatic hydroxyl groups excluding tert-OH is 1. The fourth-order valence-corrected chi connectivity index (χ4v) is 2.07. The fraction of sp³-hybridized carbons (Fsp3) is 0.333. The number of nitrogens with two attached hydrogens (primary N) is 2. The van der Waals surface area contributed by atoms with Gasteiger partial charge in [-0.25, -0.2) is 5.84 Å². The number of hydrogen-bond acceptors (Lipinski definition) is 4. The molecule has 0 radical (unpaired) electrons. The Bertz CT molecular complexity index is 440. The molecule has 0 aliphatic heterocycles. The first-order valence-corrected chi connectivity index (χ1v) is 6.24. The number of para-hydroxylation sites is 1. The number of nitrogens with zero attached hydrogens (tertiary/aromatic N) is 1. The largest absolute Gasteiger partial charge is 0.400 e. The summed E-state index contributed by atoms with van der Waals surface area (Å²) in [6.45, 7) is 3.53. The molecular weight excluding hydrogens is 273 g/mol. The molecule has 1 rings (SSSR count). The highest BCUT2D eigenvalue weighted by atomic mass is 35.5. The Morgan fingerprint density at radius 1 is 1.33 bits per heavy atom. The second kappa shape index (κ2) is 6.29. The van der Waals surface area contributed by atoms with Crippen molar-refractivity contribution in [3.63, 3.8) is 0 Å². The minimum atomic E-state index is -0.290. The zero-order chi connectivity index (χ0) is 13.9. The third kappa shape index (κ3) is 3.09. The van der Waals surface area contributed by atoms with E-state index in [1.54, 1.807) is 18.2 Å². The third-order valence-electron chi connectivity index (χ3n) is 2.57. The maximum atomic E-state index is 9.41. The molecule has 0 amide bonds. The van der Waals surface area contributed by atoms with E-state index in [1.807, 2.05) is 13.8 Å². The summed E-state index contributed by atoms with van der Waals surface area (Å²) in [5, 5.41) is 11.4. The van der Waals surface area contributed by atoms with Gasteiger partial charge in [0, 0.05) is 5.70 Å². The van der Waals surface area contributed by atoms with E-state index in [4.69, 9.17) is 34.8 Å². The van der Waals surface area contributed by atoms with Gasteiger partial charge in [0.2, 0.25) is 0 Å². The van der Waals surface area contributed by atoms with Crippen molar-refractivity contribution >= 4 is 28.9 Å². The van der Waals surface area contributed by atoms with E-state index in [-0.39, 0.29) is 12.5 Å². The fourth-order valence-electron chi connectivity index (χ4n) is 1.49. The number of benzene rings is 1. The predicted octanol–water partition coefficient (Wildman–Crippen LogP) is 2.49. The molecule has 0 saturated carbocycles. The highest BCUT2D eigenvalue weighted by Gasteiger charge is 2.18. The van der Waals surface area contributed by atoms with Crippen molar-refractivity contribution in [1.29, 1.82) is 0 Å². The summed E-state index contributed by atoms with van der Waals surface area (Å²) >= 11 is 12.1. The number of aliphatic hydroxyl groups is 1. The molecule has 1 aromatic rings. The Hall–Kier alpha value is -0.940. The molecule has 0 aromatic heterocycles. The van der Waals surface area contributed by atoms with Gasteiger partial charge in [-0.3, -0.25) is 5.01 Å². The van der Waals surface area contributed by atoms with Crippen molar-refractivity contribution in [3.05, 3.63) is 39.6 Å². The minimum absolute atomic E-state index is 0.0551. The van der Waals surface area contributed by atoms with E-state index in [0.29, 0.717) is 27.1 Å². The van der Waals surface area contributed by atoms with Crippen molar-refractivity contribution in [1.82, 2.24) is 0 Å². The quantitative estimate of drug-likeness (QED) is 0.588. The molecule has 0 atom stereocenters. The predicted molar refractivity (Wildman–Crippen MR) is 76.3 cm³/mol. The monoisotopic (exact) mass is 289 g/mol. The molecule has 0 aliphatic carbocycles. The number of hydrazine groups is 1. The Balaban J connectivity index is 3.28. The minimum Gasteiger partial charge on any atom is -0.400 e. The zero-order valence-electron chi connectivity index (χ0n) is 10.3. The molecule has 0 heterocycles. The molecule has 4 nitrogen and oxygen atoms in total. The van der Waals surface area contributed by atoms with E-state index in [2.05, 4.69) is 0 Å². The highest BCUT2D eigenvalue weighted by Crippen LogP contribution is 2.34. The number of anilines is 1. The number of halogens is 2. The van der Waals surface area contributed by atoms with Crippen LogP contribution in [-0.2, 0) is 0 Å². The van der Waals surface area contributed by atoms with Crippen molar-refractivity contribution in [2.45, 2.75) is 13.8 Å². The first-order chi connectivity index (χ1) is 8.40. The van der Waals surface area contributed by atoms with Crippen LogP contribution in [0.3, 0.4) is 0 Å². The molecule has 0 spiro atoms. The standard InChI is InChI=1S/C12H17Cl2N3O/c1-7(2)11(15)10(6-18)17(16)12-8(13)4-3-5-9(12)14/h3-5,7,18H,6,15-16H2,1-2H3/b11-10-. The lowest BCUT2D eigenvalue weighted by molar-refractivity contribution is 0.324. The van der Waals surface area contributed by atoms with Gasteiger partial charge in [0.25, 0.3) is 0 Å². The van der Waals surface area contributed by atoms with Crippen LogP contribution >= 0.6 is 23.2 Å². The van der Waals surface area contributed by atoms with Crippen LogP contribution in [0.4, 0.5) is 5.69 Å². The Labute approximate surface area is 117 Å². The van der Waals surface area contributed by atoms with Gasteiger partial charge in [-0.15, -0.1) is 0 Å². The van der Waals surface area contributed by atoms with Crippen molar-refractivity contribution in [2.24, 2.45) is 17.5 Å². The summed E-state index contributed by atoms with van der Waals surface area (Å²) in [5.41, 5.74) is 7.23. The molecular formula is C12H17Cl2N3O. The van der Waals surface area contributed by atoms with Crippen LogP contribution in [0.2, 0.25) is 10.0 Å². The summed E-state index contributed by atoms with van der Waals surface area (Å²) in [6, 6.07) is 5.06. The van der Waals surface area contributed by atoms with Crippen LogP contribution in [0.1, 0.15) is 13.8 Å². The highest BCUT2D eigenvalue weighted by molar-refractivity contribution is 6.39. The van der Waals surface area contributed by atoms with Crippen molar-refractivity contribution < 1.29 is 5.11 Å². The molecule has 6 heteroatoms. The molecule has 0 aliphatic rings. The van der Waals surface area contributed by atoms with E-state index < -0.39 is 0 Å². The normalized spacial score (nSPS) is 12.6. The van der Waals surface area contributed by atoms with Crippen LogP contribution in [-0.4, -0.2) is 11.7 Å². The van der Waals surface area contributed by atoms with E-state index in [9.17, 15) is 5.11 Å². The van der Waals surface area contributed by atoms with E-state index >= 15 is 0 Å². The van der Waals surface area contributed by atoms with Gasteiger partial charge in [-0.05, 0) is 18.1 Å². The van der Waals surface area contributed by atoms with Gasteiger partial charge in [-0.1, -0.05) is 43.1 Å². The lowest BCUT2D eigenvalue weighted by Crippen LogP contribution is -2.35. The maximum absolute atomic E-state index is 9.41. The van der Waals surface area contributed by atoms with E-state index in [1.165, 1.54) is 5.01 Å². The second-order valence-electron chi connectivity index (χ2n) is 4.16. The average molecular weight is 290 g/mol. The average Bonchev–Trinajstić information content (AvgIpc) is 2.29. The van der Waals surface area contributed by atoms with Gasteiger partial charge < -0.3 is 10.8 Å². The Kier molecular flexibility index (Phi) is 5.28.